The first-order valence-corrected chi connectivity index (χ1v) is 12.6. The van der Waals surface area contributed by atoms with Gasteiger partial charge in [0.1, 0.15) is 0 Å². The predicted molar refractivity (Wildman–Crippen MR) is 123 cm³/mol. The maximum Gasteiger partial charge on any atom is 0.243 e. The lowest BCUT2D eigenvalue weighted by atomic mass is 9.96. The summed E-state index contributed by atoms with van der Waals surface area (Å²) in [5.74, 6) is -0.329. The van der Waals surface area contributed by atoms with E-state index in [0.717, 1.165) is 11.4 Å². The molecule has 1 aliphatic heterocycles. The van der Waals surface area contributed by atoms with Crippen LogP contribution < -0.4 is 4.90 Å². The van der Waals surface area contributed by atoms with E-state index in [1.807, 2.05) is 42.6 Å². The number of thiazole rings is 1. The zero-order chi connectivity index (χ0) is 22.0. The van der Waals surface area contributed by atoms with Gasteiger partial charge in [0.15, 0.2) is 5.13 Å². The van der Waals surface area contributed by atoms with Gasteiger partial charge >= 0.3 is 0 Å². The molecule has 31 heavy (non-hydrogen) atoms. The smallest absolute Gasteiger partial charge is 0.243 e. The fourth-order valence-electron chi connectivity index (χ4n) is 3.63. The number of carbonyl (C=O) groups excluding carboxylic acids is 1. The van der Waals surface area contributed by atoms with Gasteiger partial charge in [0.2, 0.25) is 15.9 Å². The number of hydrogen-bond donors (Lipinski definition) is 0. The molecule has 1 fully saturated rings. The number of anilines is 2. The topological polar surface area (TPSA) is 70.6 Å². The normalized spacial score (nSPS) is 15.7. The van der Waals surface area contributed by atoms with Crippen molar-refractivity contribution in [3.05, 3.63) is 70.7 Å². The zero-order valence-corrected chi connectivity index (χ0v) is 19.3. The number of nitrogens with zero attached hydrogens (tertiary/aromatic N) is 3. The van der Waals surface area contributed by atoms with Gasteiger partial charge in [-0.05, 0) is 56.2 Å². The van der Waals surface area contributed by atoms with Gasteiger partial charge < -0.3 is 0 Å². The van der Waals surface area contributed by atoms with E-state index in [-0.39, 0.29) is 16.7 Å². The summed E-state index contributed by atoms with van der Waals surface area (Å²) < 4.78 is 27.3. The Hall–Kier alpha value is -2.26. The molecule has 6 nitrogen and oxygen atoms in total. The van der Waals surface area contributed by atoms with Crippen LogP contribution in [0.1, 0.15) is 18.5 Å². The van der Waals surface area contributed by atoms with Gasteiger partial charge in [0.05, 0.1) is 16.3 Å². The van der Waals surface area contributed by atoms with Gasteiger partial charge in [-0.3, -0.25) is 9.69 Å². The molecule has 0 N–H and O–H groups in total. The molecule has 0 unspecified atom stereocenters. The van der Waals surface area contributed by atoms with Crippen LogP contribution in [-0.4, -0.2) is 36.7 Å². The molecule has 0 spiro atoms. The van der Waals surface area contributed by atoms with Gasteiger partial charge in [-0.15, -0.1) is 11.3 Å². The van der Waals surface area contributed by atoms with Gasteiger partial charge in [-0.1, -0.05) is 29.8 Å². The number of halogens is 1. The fraction of sp³-hybridized carbons (Fsp3) is 0.273. The van der Waals surface area contributed by atoms with Crippen molar-refractivity contribution in [3.63, 3.8) is 0 Å². The number of amides is 1. The molecule has 1 amide bonds. The van der Waals surface area contributed by atoms with E-state index in [4.69, 9.17) is 11.6 Å². The summed E-state index contributed by atoms with van der Waals surface area (Å²) in [5, 5.41) is 3.03. The second kappa shape index (κ2) is 9.08. The van der Waals surface area contributed by atoms with Crippen molar-refractivity contribution < 1.29 is 13.2 Å². The van der Waals surface area contributed by atoms with Crippen LogP contribution in [-0.2, 0) is 14.8 Å². The molecule has 2 heterocycles. The third kappa shape index (κ3) is 4.67. The molecule has 4 rings (SSSR count). The van der Waals surface area contributed by atoms with Gasteiger partial charge in [-0.25, -0.2) is 13.4 Å². The quantitative estimate of drug-likeness (QED) is 0.527. The summed E-state index contributed by atoms with van der Waals surface area (Å²) in [6.07, 6.45) is 0.915. The van der Waals surface area contributed by atoms with E-state index in [0.29, 0.717) is 36.1 Å². The lowest BCUT2D eigenvalue weighted by Crippen LogP contribution is -2.43. The molecule has 1 saturated heterocycles. The maximum absolute atomic E-state index is 13.5. The van der Waals surface area contributed by atoms with Gasteiger partial charge in [-0.2, -0.15) is 4.31 Å². The minimum atomic E-state index is -3.61. The minimum absolute atomic E-state index is 0.0518. The maximum atomic E-state index is 13.5. The predicted octanol–water partition coefficient (Wildman–Crippen LogP) is 4.87. The molecule has 162 valence electrons. The number of carbonyl (C=O) groups is 1. The van der Waals surface area contributed by atoms with Crippen molar-refractivity contribution >= 4 is 49.7 Å². The van der Waals surface area contributed by atoms with E-state index in [2.05, 4.69) is 4.98 Å². The van der Waals surface area contributed by atoms with Crippen LogP contribution in [0.25, 0.3) is 0 Å². The number of aryl methyl sites for hydroxylation is 1. The molecule has 0 atom stereocenters. The van der Waals surface area contributed by atoms with Crippen LogP contribution in [0.5, 0.6) is 0 Å². The lowest BCUT2D eigenvalue weighted by Gasteiger charge is -2.33. The fourth-order valence-corrected chi connectivity index (χ4v) is 6.06. The molecular weight excluding hydrogens is 454 g/mol. The molecule has 0 radical (unpaired) electrons. The molecular formula is C22H22ClN3O3S2. The molecule has 0 bridgehead atoms. The van der Waals surface area contributed by atoms with E-state index in [1.54, 1.807) is 17.0 Å². The SMILES string of the molecule is Cc1csc(N(C(=O)C2CCN(S(=O)(=O)c3ccc(Cl)cc3)CC2)c2ccccc2)n1. The molecule has 9 heteroatoms. The average molecular weight is 476 g/mol. The highest BCUT2D eigenvalue weighted by atomic mass is 35.5. The summed E-state index contributed by atoms with van der Waals surface area (Å²) >= 11 is 7.30. The van der Waals surface area contributed by atoms with Crippen LogP contribution >= 0.6 is 22.9 Å². The minimum Gasteiger partial charge on any atom is -0.274 e. The van der Waals surface area contributed by atoms with Crippen molar-refractivity contribution in [3.8, 4) is 0 Å². The Balaban J connectivity index is 1.51. The Morgan fingerprint density at radius 3 is 2.32 bits per heavy atom. The molecule has 1 aliphatic rings. The van der Waals surface area contributed by atoms with Crippen LogP contribution in [0.2, 0.25) is 5.02 Å². The van der Waals surface area contributed by atoms with Crippen molar-refractivity contribution in [1.82, 2.24) is 9.29 Å². The summed E-state index contributed by atoms with van der Waals surface area (Å²) in [6, 6.07) is 15.6. The van der Waals surface area contributed by atoms with Gasteiger partial charge in [0, 0.05) is 29.4 Å². The molecule has 0 saturated carbocycles. The Morgan fingerprint density at radius 1 is 1.10 bits per heavy atom. The molecule has 0 aliphatic carbocycles. The number of aromatic nitrogens is 1. The first kappa shape index (κ1) is 22.0. The van der Waals surface area contributed by atoms with E-state index in [9.17, 15) is 13.2 Å². The van der Waals surface area contributed by atoms with Crippen molar-refractivity contribution in [2.75, 3.05) is 18.0 Å². The monoisotopic (exact) mass is 475 g/mol. The standard InChI is InChI=1S/C22H22ClN3O3S2/c1-16-15-30-22(24-16)26(19-5-3-2-4-6-19)21(27)17-11-13-25(14-12-17)31(28,29)20-9-7-18(23)8-10-20/h2-10,15,17H,11-14H2,1H3. The van der Waals surface area contributed by atoms with Gasteiger partial charge in [0.25, 0.3) is 0 Å². The molecule has 1 aromatic heterocycles. The highest BCUT2D eigenvalue weighted by molar-refractivity contribution is 7.89. The van der Waals surface area contributed by atoms with E-state index >= 15 is 0 Å². The summed E-state index contributed by atoms with van der Waals surface area (Å²) in [7, 11) is -3.61. The summed E-state index contributed by atoms with van der Waals surface area (Å²) in [6.45, 7) is 2.48. The highest BCUT2D eigenvalue weighted by Gasteiger charge is 2.35. The van der Waals surface area contributed by atoms with Crippen LogP contribution in [0.4, 0.5) is 10.8 Å². The second-order valence-electron chi connectivity index (χ2n) is 7.41. The highest BCUT2D eigenvalue weighted by Crippen LogP contribution is 2.33. The first-order valence-electron chi connectivity index (χ1n) is 9.93. The van der Waals surface area contributed by atoms with Crippen molar-refractivity contribution in [2.45, 2.75) is 24.7 Å². The number of piperidine rings is 1. The number of rotatable bonds is 5. The Bertz CT molecular complexity index is 1160. The Kier molecular flexibility index (Phi) is 6.43. The molecule has 3 aromatic rings. The number of benzene rings is 2. The summed E-state index contributed by atoms with van der Waals surface area (Å²) in [4.78, 5) is 19.9. The van der Waals surface area contributed by atoms with Crippen LogP contribution in [0, 0.1) is 12.8 Å². The van der Waals surface area contributed by atoms with Crippen LogP contribution in [0.15, 0.2) is 64.9 Å². The second-order valence-corrected chi connectivity index (χ2v) is 10.6. The summed E-state index contributed by atoms with van der Waals surface area (Å²) in [5.41, 5.74) is 1.62. The third-order valence-electron chi connectivity index (χ3n) is 5.29. The number of para-hydroxylation sites is 1. The van der Waals surface area contributed by atoms with Crippen molar-refractivity contribution in [1.29, 1.82) is 0 Å². The van der Waals surface area contributed by atoms with E-state index < -0.39 is 10.0 Å². The van der Waals surface area contributed by atoms with E-state index in [1.165, 1.54) is 27.8 Å². The zero-order valence-electron chi connectivity index (χ0n) is 16.9. The largest absolute Gasteiger partial charge is 0.274 e. The van der Waals surface area contributed by atoms with Crippen LogP contribution in [0.3, 0.4) is 0 Å². The lowest BCUT2D eigenvalue weighted by molar-refractivity contribution is -0.122. The molecule has 2 aromatic carbocycles. The first-order chi connectivity index (χ1) is 14.9. The third-order valence-corrected chi connectivity index (χ3v) is 8.40. The van der Waals surface area contributed by atoms with Crippen molar-refractivity contribution in [2.24, 2.45) is 5.92 Å². The number of hydrogen-bond acceptors (Lipinski definition) is 5. The number of sulfonamides is 1. The average Bonchev–Trinajstić information content (AvgIpc) is 3.20. The Labute approximate surface area is 191 Å². The Morgan fingerprint density at radius 2 is 1.74 bits per heavy atom.